The number of aldehydes is 1. The summed E-state index contributed by atoms with van der Waals surface area (Å²) in [7, 11) is 0. The molecule has 1 heterocycles. The maximum absolute atomic E-state index is 10.8. The summed E-state index contributed by atoms with van der Waals surface area (Å²) in [6.07, 6.45) is 0.862. The number of thiophene rings is 1. The summed E-state index contributed by atoms with van der Waals surface area (Å²) in [6.45, 7) is 0. The van der Waals surface area contributed by atoms with Crippen LogP contribution in [-0.2, 0) is 0 Å². The van der Waals surface area contributed by atoms with Crippen molar-refractivity contribution in [3.8, 4) is 0 Å². The van der Waals surface area contributed by atoms with Crippen LogP contribution in [0.3, 0.4) is 0 Å². The van der Waals surface area contributed by atoms with Crippen molar-refractivity contribution in [3.05, 3.63) is 26.6 Å². The van der Waals surface area contributed by atoms with E-state index in [0.29, 0.717) is 5.56 Å². The standard InChI is InChI=1S/C9H5IOS2/c10-9-5-1-2-13-8(5)3-7(12)6(9)4-11/h1-4,12H. The topological polar surface area (TPSA) is 17.1 Å². The normalized spacial score (nSPS) is 10.6. The Balaban J connectivity index is 2.92. The first-order valence-electron chi connectivity index (χ1n) is 3.58. The van der Waals surface area contributed by atoms with Gasteiger partial charge in [0.05, 0.1) is 0 Å². The number of thiol groups is 1. The van der Waals surface area contributed by atoms with E-state index >= 15 is 0 Å². The van der Waals surface area contributed by atoms with E-state index < -0.39 is 0 Å². The van der Waals surface area contributed by atoms with Crippen LogP contribution in [0.15, 0.2) is 22.4 Å². The number of halogens is 1. The fourth-order valence-electron chi connectivity index (χ4n) is 1.19. The van der Waals surface area contributed by atoms with E-state index in [-0.39, 0.29) is 0 Å². The summed E-state index contributed by atoms with van der Waals surface area (Å²) in [6, 6.07) is 3.97. The lowest BCUT2D eigenvalue weighted by Crippen LogP contribution is -1.88. The van der Waals surface area contributed by atoms with Gasteiger partial charge in [0.15, 0.2) is 6.29 Å². The molecule has 1 aromatic carbocycles. The third kappa shape index (κ3) is 1.51. The van der Waals surface area contributed by atoms with Crippen molar-refractivity contribution in [2.75, 3.05) is 0 Å². The first-order valence-corrected chi connectivity index (χ1v) is 5.98. The molecule has 0 spiro atoms. The minimum absolute atomic E-state index is 0.690. The molecule has 0 fully saturated rings. The molecule has 0 bridgehead atoms. The largest absolute Gasteiger partial charge is 0.298 e. The lowest BCUT2D eigenvalue weighted by Gasteiger charge is -2.01. The van der Waals surface area contributed by atoms with Gasteiger partial charge in [-0.15, -0.1) is 24.0 Å². The molecule has 2 rings (SSSR count). The first-order chi connectivity index (χ1) is 6.24. The highest BCUT2D eigenvalue weighted by Gasteiger charge is 2.08. The van der Waals surface area contributed by atoms with Crippen LogP contribution in [0.25, 0.3) is 10.1 Å². The number of hydrogen-bond donors (Lipinski definition) is 1. The lowest BCUT2D eigenvalue weighted by molar-refractivity contribution is 0.112. The molecule has 2 aromatic rings. The summed E-state index contributed by atoms with van der Waals surface area (Å²) in [5, 5.41) is 3.17. The fourth-order valence-corrected chi connectivity index (χ4v) is 3.68. The zero-order chi connectivity index (χ0) is 9.42. The average molecular weight is 320 g/mol. The number of carbonyl (C=O) groups excluding carboxylic acids is 1. The quantitative estimate of drug-likeness (QED) is 0.483. The maximum Gasteiger partial charge on any atom is 0.152 e. The molecular formula is C9H5IOS2. The van der Waals surface area contributed by atoms with Crippen LogP contribution in [0.4, 0.5) is 0 Å². The maximum atomic E-state index is 10.8. The van der Waals surface area contributed by atoms with Crippen LogP contribution in [0, 0.1) is 3.57 Å². The molecule has 1 aromatic heterocycles. The molecule has 66 valence electrons. The molecule has 1 nitrogen and oxygen atoms in total. The van der Waals surface area contributed by atoms with Gasteiger partial charge in [-0.25, -0.2) is 0 Å². The van der Waals surface area contributed by atoms with E-state index in [9.17, 15) is 4.79 Å². The number of fused-ring (bicyclic) bond motifs is 1. The molecule has 0 aliphatic heterocycles. The van der Waals surface area contributed by atoms with E-state index in [2.05, 4.69) is 35.2 Å². The molecule has 0 saturated heterocycles. The van der Waals surface area contributed by atoms with Gasteiger partial charge in [0.25, 0.3) is 0 Å². The van der Waals surface area contributed by atoms with Crippen molar-refractivity contribution in [1.29, 1.82) is 0 Å². The summed E-state index contributed by atoms with van der Waals surface area (Å²) in [5.74, 6) is 0. The SMILES string of the molecule is O=Cc1c(S)cc2sccc2c1I. The van der Waals surface area contributed by atoms with Crippen LogP contribution in [0.5, 0.6) is 0 Å². The highest BCUT2D eigenvalue weighted by Crippen LogP contribution is 2.31. The van der Waals surface area contributed by atoms with Crippen LogP contribution >= 0.6 is 46.6 Å². The predicted octanol–water partition coefficient (Wildman–Crippen LogP) is 3.61. The van der Waals surface area contributed by atoms with Gasteiger partial charge >= 0.3 is 0 Å². The Morgan fingerprint density at radius 3 is 3.00 bits per heavy atom. The highest BCUT2D eigenvalue weighted by molar-refractivity contribution is 14.1. The molecule has 0 atom stereocenters. The van der Waals surface area contributed by atoms with Gasteiger partial charge in [-0.05, 0) is 40.1 Å². The van der Waals surface area contributed by atoms with Gasteiger partial charge in [-0.2, -0.15) is 0 Å². The van der Waals surface area contributed by atoms with Crippen molar-refractivity contribution >= 4 is 62.9 Å². The Labute approximate surface area is 98.7 Å². The minimum Gasteiger partial charge on any atom is -0.298 e. The molecule has 0 unspecified atom stereocenters. The van der Waals surface area contributed by atoms with Gasteiger partial charge in [0.1, 0.15) is 0 Å². The first kappa shape index (κ1) is 9.48. The van der Waals surface area contributed by atoms with Crippen molar-refractivity contribution in [1.82, 2.24) is 0 Å². The molecule has 0 radical (unpaired) electrons. The Morgan fingerprint density at radius 2 is 2.31 bits per heavy atom. The Bertz CT molecular complexity index is 476. The van der Waals surface area contributed by atoms with Crippen molar-refractivity contribution in [3.63, 3.8) is 0 Å². The molecule has 0 saturated carbocycles. The summed E-state index contributed by atoms with van der Waals surface area (Å²) in [5.41, 5.74) is 0.690. The molecule has 0 N–H and O–H groups in total. The zero-order valence-electron chi connectivity index (χ0n) is 6.45. The van der Waals surface area contributed by atoms with E-state index in [4.69, 9.17) is 0 Å². The molecule has 4 heteroatoms. The van der Waals surface area contributed by atoms with Crippen molar-refractivity contribution < 1.29 is 4.79 Å². The van der Waals surface area contributed by atoms with Crippen molar-refractivity contribution in [2.24, 2.45) is 0 Å². The van der Waals surface area contributed by atoms with Gasteiger partial charge in [-0.3, -0.25) is 4.79 Å². The molecular weight excluding hydrogens is 315 g/mol. The Morgan fingerprint density at radius 1 is 1.54 bits per heavy atom. The van der Waals surface area contributed by atoms with E-state index in [1.54, 1.807) is 11.3 Å². The van der Waals surface area contributed by atoms with Crippen molar-refractivity contribution in [2.45, 2.75) is 4.90 Å². The molecule has 0 aliphatic rings. The summed E-state index contributed by atoms with van der Waals surface area (Å²) in [4.78, 5) is 11.5. The average Bonchev–Trinajstić information content (AvgIpc) is 2.53. The number of rotatable bonds is 1. The van der Waals surface area contributed by atoms with Gasteiger partial charge in [-0.1, -0.05) is 0 Å². The van der Waals surface area contributed by atoms with Gasteiger partial charge in [0, 0.05) is 24.1 Å². The second-order valence-corrected chi connectivity index (χ2v) is 5.08. The highest BCUT2D eigenvalue weighted by atomic mass is 127. The predicted molar refractivity (Wildman–Crippen MR) is 67.2 cm³/mol. The Hall–Kier alpha value is -0.0700. The van der Waals surface area contributed by atoms with E-state index in [1.165, 1.54) is 4.70 Å². The lowest BCUT2D eigenvalue weighted by atomic mass is 10.2. The summed E-state index contributed by atoms with van der Waals surface area (Å²) < 4.78 is 2.18. The zero-order valence-corrected chi connectivity index (χ0v) is 10.3. The second-order valence-electron chi connectivity index (χ2n) is 2.57. The van der Waals surface area contributed by atoms with Crippen LogP contribution < -0.4 is 0 Å². The summed E-state index contributed by atoms with van der Waals surface area (Å²) >= 11 is 8.12. The minimum atomic E-state index is 0.690. The van der Waals surface area contributed by atoms with Crippen LogP contribution in [0.1, 0.15) is 10.4 Å². The third-order valence-corrected chi connectivity index (χ3v) is 4.23. The number of hydrogen-bond acceptors (Lipinski definition) is 3. The molecule has 0 aliphatic carbocycles. The monoisotopic (exact) mass is 320 g/mol. The van der Waals surface area contributed by atoms with E-state index in [1.807, 2.05) is 17.5 Å². The third-order valence-electron chi connectivity index (χ3n) is 1.83. The number of benzene rings is 1. The van der Waals surface area contributed by atoms with Crippen LogP contribution in [-0.4, -0.2) is 6.29 Å². The second kappa shape index (κ2) is 3.59. The molecule has 0 amide bonds. The fraction of sp³-hybridized carbons (Fsp3) is 0. The van der Waals surface area contributed by atoms with Gasteiger partial charge in [0.2, 0.25) is 0 Å². The van der Waals surface area contributed by atoms with Gasteiger partial charge < -0.3 is 0 Å². The van der Waals surface area contributed by atoms with E-state index in [0.717, 1.165) is 20.1 Å². The molecule has 13 heavy (non-hydrogen) atoms. The van der Waals surface area contributed by atoms with Crippen LogP contribution in [0.2, 0.25) is 0 Å². The smallest absolute Gasteiger partial charge is 0.152 e. The number of carbonyl (C=O) groups is 1. The Kier molecular flexibility index (Phi) is 2.62.